The Kier molecular flexibility index (Phi) is 6.96. The Bertz CT molecular complexity index is 1790. The highest BCUT2D eigenvalue weighted by Crippen LogP contribution is 2.54. The van der Waals surface area contributed by atoms with E-state index < -0.39 is 5.60 Å². The van der Waals surface area contributed by atoms with Gasteiger partial charge < -0.3 is 5.11 Å². The summed E-state index contributed by atoms with van der Waals surface area (Å²) in [4.78, 5) is 9.16. The number of hydrogen-bond acceptors (Lipinski definition) is 3. The lowest BCUT2D eigenvalue weighted by Crippen LogP contribution is -2.28. The van der Waals surface area contributed by atoms with E-state index >= 15 is 0 Å². The molecular formula is C40H34N2O. The van der Waals surface area contributed by atoms with E-state index in [1.165, 1.54) is 40.8 Å². The number of rotatable bonds is 5. The second-order valence-electron chi connectivity index (χ2n) is 11.3. The van der Waals surface area contributed by atoms with Crippen molar-refractivity contribution in [3.63, 3.8) is 0 Å². The average Bonchev–Trinajstić information content (AvgIpc) is 3.53. The zero-order chi connectivity index (χ0) is 29.3. The van der Waals surface area contributed by atoms with Gasteiger partial charge in [-0.25, -0.2) is 0 Å². The Morgan fingerprint density at radius 3 is 1.33 bits per heavy atom. The minimum Gasteiger partial charge on any atom is -0.374 e. The van der Waals surface area contributed by atoms with Crippen molar-refractivity contribution in [2.75, 3.05) is 0 Å². The molecule has 2 aliphatic rings. The van der Waals surface area contributed by atoms with Crippen molar-refractivity contribution in [1.29, 1.82) is 0 Å². The molecule has 8 rings (SSSR count). The van der Waals surface area contributed by atoms with E-state index in [0.29, 0.717) is 5.69 Å². The molecule has 2 aliphatic carbocycles. The van der Waals surface area contributed by atoms with Crippen LogP contribution in [0.2, 0.25) is 0 Å². The summed E-state index contributed by atoms with van der Waals surface area (Å²) in [5, 5.41) is 11.4. The van der Waals surface area contributed by atoms with Gasteiger partial charge in [0.1, 0.15) is 0 Å². The Morgan fingerprint density at radius 2 is 0.884 bits per heavy atom. The minimum absolute atomic E-state index is 0.107. The zero-order valence-corrected chi connectivity index (χ0v) is 24.3. The molecule has 3 heteroatoms. The molecule has 0 aliphatic heterocycles. The van der Waals surface area contributed by atoms with Crippen LogP contribution in [0.3, 0.4) is 0 Å². The quantitative estimate of drug-likeness (QED) is 0.230. The first-order chi connectivity index (χ1) is 21.2. The van der Waals surface area contributed by atoms with Crippen LogP contribution in [0.25, 0.3) is 22.3 Å². The van der Waals surface area contributed by atoms with E-state index in [1.807, 2.05) is 66.9 Å². The van der Waals surface area contributed by atoms with Gasteiger partial charge in [0, 0.05) is 23.5 Å². The van der Waals surface area contributed by atoms with Crippen LogP contribution >= 0.6 is 0 Å². The predicted molar refractivity (Wildman–Crippen MR) is 174 cm³/mol. The van der Waals surface area contributed by atoms with Gasteiger partial charge in [-0.1, -0.05) is 129 Å². The molecule has 0 spiro atoms. The van der Waals surface area contributed by atoms with Gasteiger partial charge >= 0.3 is 0 Å². The molecule has 1 N–H and O–H groups in total. The molecular weight excluding hydrogens is 524 g/mol. The lowest BCUT2D eigenvalue weighted by atomic mass is 9.71. The fraction of sp³-hybridized carbons (Fsp3) is 0.150. The Morgan fingerprint density at radius 1 is 0.488 bits per heavy atom. The van der Waals surface area contributed by atoms with Gasteiger partial charge in [0.05, 0.1) is 16.8 Å². The molecule has 6 aromatic rings. The van der Waals surface area contributed by atoms with Gasteiger partial charge in [0.25, 0.3) is 0 Å². The number of aromatic nitrogens is 2. The molecule has 0 radical (unpaired) electrons. The van der Waals surface area contributed by atoms with Crippen molar-refractivity contribution in [1.82, 2.24) is 9.97 Å². The largest absolute Gasteiger partial charge is 0.374 e. The lowest BCUT2D eigenvalue weighted by Gasteiger charge is -2.31. The molecule has 0 amide bonds. The number of nitrogens with zero attached hydrogens (tertiary/aromatic N) is 2. The van der Waals surface area contributed by atoms with E-state index in [1.54, 1.807) is 6.20 Å². The Hall–Kier alpha value is -4.86. The van der Waals surface area contributed by atoms with E-state index in [9.17, 15) is 5.11 Å². The number of fused-ring (bicyclic) bond motifs is 6. The van der Waals surface area contributed by atoms with Crippen molar-refractivity contribution >= 4 is 0 Å². The Balaban J connectivity index is 0.000000141. The van der Waals surface area contributed by atoms with Crippen LogP contribution in [0.4, 0.5) is 0 Å². The number of unbranched alkanes of at least 4 members (excludes halogenated alkanes) is 1. The molecule has 210 valence electrons. The van der Waals surface area contributed by atoms with Crippen molar-refractivity contribution in [3.8, 4) is 22.3 Å². The van der Waals surface area contributed by atoms with Crippen molar-refractivity contribution in [2.24, 2.45) is 0 Å². The molecule has 0 saturated heterocycles. The maximum atomic E-state index is 11.4. The molecule has 2 aromatic heterocycles. The molecule has 0 saturated carbocycles. The van der Waals surface area contributed by atoms with Crippen molar-refractivity contribution in [3.05, 3.63) is 179 Å². The predicted octanol–water partition coefficient (Wildman–Crippen LogP) is 8.93. The topological polar surface area (TPSA) is 46.0 Å². The standard InChI is InChI=1S/C22H21N.C18H13NO/c1-2-3-15-22(21-14-8-9-16-23-21)19-12-6-4-10-17(19)18-11-5-7-13-20(18)22;20-18(17-11-5-6-12-19-17)15-9-3-1-7-13(15)14-8-2-4-10-16(14)18/h4-14,16H,2-3,15H2,1H3;1-12,20H. The third-order valence-electron chi connectivity index (χ3n) is 9.03. The maximum Gasteiger partial charge on any atom is 0.158 e. The summed E-state index contributed by atoms with van der Waals surface area (Å²) in [6, 6.07) is 45.6. The minimum atomic E-state index is -1.16. The van der Waals surface area contributed by atoms with Gasteiger partial charge in [0.2, 0.25) is 0 Å². The van der Waals surface area contributed by atoms with Crippen LogP contribution in [0.15, 0.2) is 146 Å². The normalized spacial score (nSPS) is 14.5. The van der Waals surface area contributed by atoms with Crippen LogP contribution in [0, 0.1) is 0 Å². The Labute approximate surface area is 253 Å². The average molecular weight is 559 g/mol. The second kappa shape index (κ2) is 11.1. The molecule has 0 bridgehead atoms. The summed E-state index contributed by atoms with van der Waals surface area (Å²) in [7, 11) is 0. The number of hydrogen-bond donors (Lipinski definition) is 1. The fourth-order valence-electron chi connectivity index (χ4n) is 7.12. The van der Waals surface area contributed by atoms with Gasteiger partial charge in [0.15, 0.2) is 5.60 Å². The zero-order valence-electron chi connectivity index (χ0n) is 24.3. The highest BCUT2D eigenvalue weighted by Gasteiger charge is 2.45. The first-order valence-corrected chi connectivity index (χ1v) is 15.1. The summed E-state index contributed by atoms with van der Waals surface area (Å²) in [6.45, 7) is 2.26. The number of benzene rings is 4. The van der Waals surface area contributed by atoms with Crippen LogP contribution in [0.1, 0.15) is 59.8 Å². The highest BCUT2D eigenvalue weighted by molar-refractivity contribution is 5.83. The number of aliphatic hydroxyl groups is 1. The first kappa shape index (κ1) is 27.0. The van der Waals surface area contributed by atoms with E-state index in [-0.39, 0.29) is 5.41 Å². The smallest absolute Gasteiger partial charge is 0.158 e. The summed E-state index contributed by atoms with van der Waals surface area (Å²) >= 11 is 0. The summed E-state index contributed by atoms with van der Waals surface area (Å²) in [6.07, 6.45) is 7.14. The molecule has 3 nitrogen and oxygen atoms in total. The molecule has 0 unspecified atom stereocenters. The molecule has 2 heterocycles. The van der Waals surface area contributed by atoms with Crippen molar-refractivity contribution < 1.29 is 5.11 Å². The van der Waals surface area contributed by atoms with Gasteiger partial charge in [-0.05, 0) is 64.1 Å². The molecule has 4 aromatic carbocycles. The van der Waals surface area contributed by atoms with Gasteiger partial charge in [-0.2, -0.15) is 0 Å². The summed E-state index contributed by atoms with van der Waals surface area (Å²) in [5.41, 5.74) is 10.1. The molecule has 0 atom stereocenters. The SMILES string of the molecule is CCCCC1(c2ccccn2)c2ccccc2-c2ccccc21.OC1(c2ccccn2)c2ccccc2-c2ccccc21. The summed E-state index contributed by atoms with van der Waals surface area (Å²) < 4.78 is 0. The number of pyridine rings is 2. The van der Waals surface area contributed by atoms with E-state index in [2.05, 4.69) is 84.7 Å². The molecule has 0 fully saturated rings. The molecule has 43 heavy (non-hydrogen) atoms. The third kappa shape index (κ3) is 4.23. The van der Waals surface area contributed by atoms with Crippen LogP contribution in [0.5, 0.6) is 0 Å². The van der Waals surface area contributed by atoms with Gasteiger partial charge in [-0.3, -0.25) is 9.97 Å². The van der Waals surface area contributed by atoms with Gasteiger partial charge in [-0.15, -0.1) is 0 Å². The maximum absolute atomic E-state index is 11.4. The van der Waals surface area contributed by atoms with E-state index in [4.69, 9.17) is 4.98 Å². The van der Waals surface area contributed by atoms with Crippen LogP contribution in [-0.4, -0.2) is 15.1 Å². The first-order valence-electron chi connectivity index (χ1n) is 15.1. The third-order valence-corrected chi connectivity index (χ3v) is 9.03. The van der Waals surface area contributed by atoms with E-state index in [0.717, 1.165) is 28.7 Å². The van der Waals surface area contributed by atoms with Crippen LogP contribution < -0.4 is 0 Å². The summed E-state index contributed by atoms with van der Waals surface area (Å²) in [5.74, 6) is 0. The van der Waals surface area contributed by atoms with Crippen molar-refractivity contribution in [2.45, 2.75) is 37.2 Å². The fourth-order valence-corrected chi connectivity index (χ4v) is 7.12. The highest BCUT2D eigenvalue weighted by atomic mass is 16.3. The second-order valence-corrected chi connectivity index (χ2v) is 11.3. The lowest BCUT2D eigenvalue weighted by molar-refractivity contribution is 0.126. The monoisotopic (exact) mass is 558 g/mol. The van der Waals surface area contributed by atoms with Crippen LogP contribution in [-0.2, 0) is 11.0 Å².